The molecule has 0 radical (unpaired) electrons. The zero-order valence-corrected chi connectivity index (χ0v) is 9.97. The maximum Gasteiger partial charge on any atom is 0.128 e. The molecule has 1 aromatic heterocycles. The van der Waals surface area contributed by atoms with Gasteiger partial charge in [0, 0.05) is 24.7 Å². The van der Waals surface area contributed by atoms with Crippen LogP contribution in [0.4, 0.5) is 5.82 Å². The van der Waals surface area contributed by atoms with Gasteiger partial charge in [-0.15, -0.1) is 11.6 Å². The van der Waals surface area contributed by atoms with Crippen molar-refractivity contribution in [2.45, 2.75) is 32.7 Å². The predicted molar refractivity (Wildman–Crippen MR) is 62.1 cm³/mol. The minimum absolute atomic E-state index is 0.462. The van der Waals surface area contributed by atoms with Crippen LogP contribution in [0.3, 0.4) is 0 Å². The summed E-state index contributed by atoms with van der Waals surface area (Å²) in [6.45, 7) is 6.29. The molecule has 0 aliphatic rings. The molecule has 0 fully saturated rings. The number of aromatic nitrogens is 1. The number of halogens is 1. The number of anilines is 1. The lowest BCUT2D eigenvalue weighted by molar-refractivity contribution is 0.741. The van der Waals surface area contributed by atoms with Gasteiger partial charge in [-0.1, -0.05) is 6.07 Å². The van der Waals surface area contributed by atoms with E-state index in [4.69, 9.17) is 11.6 Å². The van der Waals surface area contributed by atoms with Crippen LogP contribution < -0.4 is 4.90 Å². The highest BCUT2D eigenvalue weighted by atomic mass is 35.5. The van der Waals surface area contributed by atoms with Crippen molar-refractivity contribution < 1.29 is 0 Å². The van der Waals surface area contributed by atoms with Crippen LogP contribution in [-0.4, -0.2) is 18.1 Å². The number of nitrogens with zero attached hydrogens (tertiary/aromatic N) is 2. The number of hydrogen-bond acceptors (Lipinski definition) is 2. The largest absolute Gasteiger partial charge is 0.357 e. The van der Waals surface area contributed by atoms with E-state index in [9.17, 15) is 0 Å². The SMILES string of the molecule is Cc1nc(N(C)C(C)C)ccc1CCl. The summed E-state index contributed by atoms with van der Waals surface area (Å²) in [4.78, 5) is 6.65. The van der Waals surface area contributed by atoms with Crippen LogP contribution >= 0.6 is 11.6 Å². The Bertz CT molecular complexity index is 310. The molecular weight excluding hydrogens is 196 g/mol. The van der Waals surface area contributed by atoms with Crippen molar-refractivity contribution in [2.24, 2.45) is 0 Å². The molecule has 0 N–H and O–H groups in total. The minimum Gasteiger partial charge on any atom is -0.357 e. The zero-order chi connectivity index (χ0) is 10.7. The fourth-order valence-electron chi connectivity index (χ4n) is 1.18. The van der Waals surface area contributed by atoms with E-state index in [1.807, 2.05) is 26.1 Å². The molecule has 0 spiro atoms. The highest BCUT2D eigenvalue weighted by Gasteiger charge is 2.07. The smallest absolute Gasteiger partial charge is 0.128 e. The summed E-state index contributed by atoms with van der Waals surface area (Å²) in [7, 11) is 2.05. The monoisotopic (exact) mass is 212 g/mol. The van der Waals surface area contributed by atoms with Crippen LogP contribution in [-0.2, 0) is 5.88 Å². The van der Waals surface area contributed by atoms with Crippen molar-refractivity contribution in [1.82, 2.24) is 4.98 Å². The molecule has 0 saturated carbocycles. The Hall–Kier alpha value is -0.760. The quantitative estimate of drug-likeness (QED) is 0.717. The van der Waals surface area contributed by atoms with Gasteiger partial charge in [-0.25, -0.2) is 4.98 Å². The second kappa shape index (κ2) is 4.65. The van der Waals surface area contributed by atoms with Crippen molar-refractivity contribution >= 4 is 17.4 Å². The molecule has 0 saturated heterocycles. The fourth-order valence-corrected chi connectivity index (χ4v) is 1.46. The van der Waals surface area contributed by atoms with E-state index in [1.54, 1.807) is 0 Å². The summed E-state index contributed by atoms with van der Waals surface area (Å²) >= 11 is 5.77. The van der Waals surface area contributed by atoms with Gasteiger partial charge >= 0.3 is 0 Å². The second-order valence-electron chi connectivity index (χ2n) is 3.75. The van der Waals surface area contributed by atoms with E-state index >= 15 is 0 Å². The van der Waals surface area contributed by atoms with Crippen molar-refractivity contribution in [3.05, 3.63) is 23.4 Å². The third kappa shape index (κ3) is 2.38. The number of alkyl halides is 1. The Kier molecular flexibility index (Phi) is 3.76. The Labute approximate surface area is 90.9 Å². The van der Waals surface area contributed by atoms with Gasteiger partial charge in [-0.05, 0) is 32.4 Å². The number of pyridine rings is 1. The number of aryl methyl sites for hydroxylation is 1. The third-order valence-electron chi connectivity index (χ3n) is 2.46. The Morgan fingerprint density at radius 2 is 2.07 bits per heavy atom. The maximum atomic E-state index is 5.77. The van der Waals surface area contributed by atoms with Gasteiger partial charge in [-0.2, -0.15) is 0 Å². The van der Waals surface area contributed by atoms with Crippen molar-refractivity contribution in [2.75, 3.05) is 11.9 Å². The van der Waals surface area contributed by atoms with E-state index < -0.39 is 0 Å². The molecule has 0 amide bonds. The summed E-state index contributed by atoms with van der Waals surface area (Å²) in [6.07, 6.45) is 0. The van der Waals surface area contributed by atoms with Crippen LogP contribution in [0, 0.1) is 6.92 Å². The molecule has 0 aliphatic heterocycles. The van der Waals surface area contributed by atoms with Crippen LogP contribution in [0.5, 0.6) is 0 Å². The Morgan fingerprint density at radius 1 is 1.43 bits per heavy atom. The number of rotatable bonds is 3. The molecule has 0 bridgehead atoms. The third-order valence-corrected chi connectivity index (χ3v) is 2.75. The average molecular weight is 213 g/mol. The molecule has 0 aromatic carbocycles. The van der Waals surface area contributed by atoms with Crippen molar-refractivity contribution in [1.29, 1.82) is 0 Å². The summed E-state index contributed by atoms with van der Waals surface area (Å²) in [5.74, 6) is 1.54. The molecule has 2 nitrogen and oxygen atoms in total. The zero-order valence-electron chi connectivity index (χ0n) is 9.21. The minimum atomic E-state index is 0.462. The lowest BCUT2D eigenvalue weighted by atomic mass is 10.2. The first-order valence-corrected chi connectivity index (χ1v) is 5.35. The van der Waals surface area contributed by atoms with Gasteiger partial charge in [0.05, 0.1) is 0 Å². The lowest BCUT2D eigenvalue weighted by Gasteiger charge is -2.23. The van der Waals surface area contributed by atoms with E-state index in [0.29, 0.717) is 11.9 Å². The molecule has 0 atom stereocenters. The normalized spacial score (nSPS) is 10.7. The molecular formula is C11H17ClN2. The van der Waals surface area contributed by atoms with Crippen LogP contribution in [0.1, 0.15) is 25.1 Å². The van der Waals surface area contributed by atoms with E-state index in [2.05, 4.69) is 23.7 Å². The standard InChI is InChI=1S/C11H17ClN2/c1-8(2)14(4)11-6-5-10(7-12)9(3)13-11/h5-6,8H,7H2,1-4H3. The average Bonchev–Trinajstić information content (AvgIpc) is 2.16. The van der Waals surface area contributed by atoms with E-state index in [1.165, 1.54) is 0 Å². The molecule has 0 unspecified atom stereocenters. The highest BCUT2D eigenvalue weighted by Crippen LogP contribution is 2.16. The van der Waals surface area contributed by atoms with Gasteiger partial charge in [0.15, 0.2) is 0 Å². The van der Waals surface area contributed by atoms with Crippen LogP contribution in [0.25, 0.3) is 0 Å². The summed E-state index contributed by atoms with van der Waals surface area (Å²) in [5.41, 5.74) is 2.12. The van der Waals surface area contributed by atoms with E-state index in [0.717, 1.165) is 17.1 Å². The first-order valence-electron chi connectivity index (χ1n) is 4.81. The first kappa shape index (κ1) is 11.3. The fraction of sp³-hybridized carbons (Fsp3) is 0.545. The molecule has 1 heterocycles. The van der Waals surface area contributed by atoms with Gasteiger partial charge in [-0.3, -0.25) is 0 Å². The Balaban J connectivity index is 2.96. The Morgan fingerprint density at radius 3 is 2.50 bits per heavy atom. The van der Waals surface area contributed by atoms with Gasteiger partial charge in [0.25, 0.3) is 0 Å². The summed E-state index contributed by atoms with van der Waals surface area (Å²) < 4.78 is 0. The topological polar surface area (TPSA) is 16.1 Å². The summed E-state index contributed by atoms with van der Waals surface area (Å²) in [6, 6.07) is 4.53. The molecule has 1 rings (SSSR count). The second-order valence-corrected chi connectivity index (χ2v) is 4.02. The molecule has 14 heavy (non-hydrogen) atoms. The van der Waals surface area contributed by atoms with Gasteiger partial charge in [0.1, 0.15) is 5.82 Å². The first-order chi connectivity index (χ1) is 6.56. The molecule has 1 aromatic rings. The summed E-state index contributed by atoms with van der Waals surface area (Å²) in [5, 5.41) is 0. The van der Waals surface area contributed by atoms with Gasteiger partial charge in [0.2, 0.25) is 0 Å². The lowest BCUT2D eigenvalue weighted by Crippen LogP contribution is -2.26. The molecule has 78 valence electrons. The highest BCUT2D eigenvalue weighted by molar-refractivity contribution is 6.17. The van der Waals surface area contributed by atoms with Gasteiger partial charge < -0.3 is 4.90 Å². The molecule has 3 heteroatoms. The van der Waals surface area contributed by atoms with Crippen molar-refractivity contribution in [3.8, 4) is 0 Å². The van der Waals surface area contributed by atoms with Crippen molar-refractivity contribution in [3.63, 3.8) is 0 Å². The number of hydrogen-bond donors (Lipinski definition) is 0. The van der Waals surface area contributed by atoms with Crippen LogP contribution in [0.15, 0.2) is 12.1 Å². The maximum absolute atomic E-state index is 5.77. The van der Waals surface area contributed by atoms with Crippen LogP contribution in [0.2, 0.25) is 0 Å². The van der Waals surface area contributed by atoms with E-state index in [-0.39, 0.29) is 0 Å². The predicted octanol–water partition coefficient (Wildman–Crippen LogP) is 2.97. The molecule has 0 aliphatic carbocycles.